The highest BCUT2D eigenvalue weighted by Crippen LogP contribution is 2.58. The number of fused-ring (bicyclic) bond motifs is 5. The van der Waals surface area contributed by atoms with Crippen molar-refractivity contribution in [3.8, 4) is 0 Å². The second-order valence-corrected chi connectivity index (χ2v) is 6.66. The normalized spacial score (nSPS) is 31.5. The average Bonchev–Trinajstić information content (AvgIpc) is 2.68. The van der Waals surface area contributed by atoms with Crippen molar-refractivity contribution in [1.82, 2.24) is 0 Å². The molecule has 2 aliphatic carbocycles. The summed E-state index contributed by atoms with van der Waals surface area (Å²) in [6, 6.07) is 18.2. The van der Waals surface area contributed by atoms with Crippen LogP contribution in [0.5, 0.6) is 0 Å². The Morgan fingerprint density at radius 1 is 0.737 bits per heavy atom. The van der Waals surface area contributed by atoms with E-state index in [0.717, 1.165) is 0 Å². The predicted molar refractivity (Wildman–Crippen MR) is 79.6 cm³/mol. The van der Waals surface area contributed by atoms with Crippen LogP contribution in [0.25, 0.3) is 0 Å². The maximum absolute atomic E-state index is 2.48. The Bertz CT molecular complexity index is 655. The van der Waals surface area contributed by atoms with Crippen LogP contribution in [-0.2, 0) is 23.7 Å². The molecule has 19 heavy (non-hydrogen) atoms. The minimum atomic E-state index is 0.269. The van der Waals surface area contributed by atoms with Crippen LogP contribution >= 0.6 is 0 Å². The van der Waals surface area contributed by atoms with Gasteiger partial charge in [-0.25, -0.2) is 0 Å². The molecule has 0 N–H and O–H groups in total. The molecule has 0 nitrogen and oxygen atoms in total. The van der Waals surface area contributed by atoms with E-state index in [1.165, 1.54) is 19.3 Å². The Morgan fingerprint density at radius 2 is 1.32 bits per heavy atom. The number of hydrogen-bond acceptors (Lipinski definition) is 0. The summed E-state index contributed by atoms with van der Waals surface area (Å²) in [6.45, 7) is 4.96. The molecule has 0 saturated heterocycles. The summed E-state index contributed by atoms with van der Waals surface area (Å²) in [5, 5.41) is 0. The second kappa shape index (κ2) is 3.50. The van der Waals surface area contributed by atoms with Gasteiger partial charge in [-0.15, -0.1) is 0 Å². The highest BCUT2D eigenvalue weighted by atomic mass is 14.6. The van der Waals surface area contributed by atoms with E-state index in [1.54, 1.807) is 22.3 Å². The van der Waals surface area contributed by atoms with Gasteiger partial charge in [0.1, 0.15) is 0 Å². The lowest BCUT2D eigenvalue weighted by molar-refractivity contribution is 0.243. The minimum Gasteiger partial charge on any atom is -0.0620 e. The predicted octanol–water partition coefficient (Wildman–Crippen LogP) is 4.40. The summed E-state index contributed by atoms with van der Waals surface area (Å²) in [7, 11) is 0. The van der Waals surface area contributed by atoms with Crippen LogP contribution in [-0.4, -0.2) is 0 Å². The molecule has 0 bridgehead atoms. The van der Waals surface area contributed by atoms with E-state index < -0.39 is 0 Å². The van der Waals surface area contributed by atoms with Gasteiger partial charge in [0.05, 0.1) is 0 Å². The zero-order valence-electron chi connectivity index (χ0n) is 11.7. The van der Waals surface area contributed by atoms with E-state index in [1.807, 2.05) is 0 Å². The van der Waals surface area contributed by atoms with Crippen molar-refractivity contribution in [2.24, 2.45) is 0 Å². The van der Waals surface area contributed by atoms with Gasteiger partial charge in [0.2, 0.25) is 0 Å². The van der Waals surface area contributed by atoms with Gasteiger partial charge in [-0.3, -0.25) is 0 Å². The SMILES string of the molecule is CC12CCc3ccccc3C1(C)Cc1ccccc12. The van der Waals surface area contributed by atoms with Gasteiger partial charge in [-0.1, -0.05) is 62.4 Å². The minimum absolute atomic E-state index is 0.269. The van der Waals surface area contributed by atoms with E-state index in [9.17, 15) is 0 Å². The van der Waals surface area contributed by atoms with Crippen molar-refractivity contribution in [1.29, 1.82) is 0 Å². The zero-order valence-corrected chi connectivity index (χ0v) is 11.7. The lowest BCUT2D eigenvalue weighted by Gasteiger charge is -2.47. The Kier molecular flexibility index (Phi) is 2.08. The third-order valence-corrected chi connectivity index (χ3v) is 5.88. The lowest BCUT2D eigenvalue weighted by Crippen LogP contribution is -2.45. The van der Waals surface area contributed by atoms with Gasteiger partial charge in [0.15, 0.2) is 0 Å². The van der Waals surface area contributed by atoms with Crippen LogP contribution < -0.4 is 0 Å². The molecule has 2 aromatic carbocycles. The molecule has 0 amide bonds. The van der Waals surface area contributed by atoms with Gasteiger partial charge in [-0.2, -0.15) is 0 Å². The molecule has 4 rings (SSSR count). The van der Waals surface area contributed by atoms with E-state index in [4.69, 9.17) is 0 Å². The van der Waals surface area contributed by atoms with Crippen LogP contribution in [0.2, 0.25) is 0 Å². The average molecular weight is 248 g/mol. The number of rotatable bonds is 0. The van der Waals surface area contributed by atoms with E-state index in [-0.39, 0.29) is 5.41 Å². The molecule has 0 aromatic heterocycles. The Hall–Kier alpha value is -1.56. The first-order valence-corrected chi connectivity index (χ1v) is 7.32. The van der Waals surface area contributed by atoms with Crippen molar-refractivity contribution in [3.05, 3.63) is 70.8 Å². The molecule has 0 radical (unpaired) electrons. The van der Waals surface area contributed by atoms with Crippen LogP contribution in [0.4, 0.5) is 0 Å². The van der Waals surface area contributed by atoms with Gasteiger partial charge in [0, 0.05) is 10.8 Å². The molecular weight excluding hydrogens is 228 g/mol. The van der Waals surface area contributed by atoms with E-state index in [2.05, 4.69) is 62.4 Å². The topological polar surface area (TPSA) is 0 Å². The summed E-state index contributed by atoms with van der Waals surface area (Å²) in [4.78, 5) is 0. The van der Waals surface area contributed by atoms with Crippen molar-refractivity contribution in [2.45, 2.75) is 43.9 Å². The Morgan fingerprint density at radius 3 is 2.05 bits per heavy atom. The first-order chi connectivity index (χ1) is 9.15. The van der Waals surface area contributed by atoms with Crippen molar-refractivity contribution in [2.75, 3.05) is 0 Å². The Balaban J connectivity index is 1.99. The molecule has 2 atom stereocenters. The highest BCUT2D eigenvalue weighted by molar-refractivity contribution is 5.53. The Labute approximate surface area is 115 Å². The molecule has 96 valence electrons. The second-order valence-electron chi connectivity index (χ2n) is 6.66. The van der Waals surface area contributed by atoms with E-state index >= 15 is 0 Å². The molecule has 2 unspecified atom stereocenters. The molecule has 0 heterocycles. The summed E-state index contributed by atoms with van der Waals surface area (Å²) >= 11 is 0. The lowest BCUT2D eigenvalue weighted by atomic mass is 9.56. The molecule has 0 fully saturated rings. The molecule has 0 saturated carbocycles. The maximum atomic E-state index is 2.48. The summed E-state index contributed by atoms with van der Waals surface area (Å²) in [5.41, 5.74) is 6.87. The summed E-state index contributed by atoms with van der Waals surface area (Å²) in [6.07, 6.45) is 3.69. The zero-order chi connectivity index (χ0) is 13.1. The standard InChI is InChI=1S/C19H20/c1-18-12-11-14-7-3-5-9-16(14)19(18,2)13-15-8-4-6-10-17(15)18/h3-10H,11-13H2,1-2H3. The quantitative estimate of drug-likeness (QED) is 0.648. The fourth-order valence-corrected chi connectivity index (χ4v) is 4.55. The molecule has 2 aliphatic rings. The first kappa shape index (κ1) is 11.3. The number of hydrogen-bond donors (Lipinski definition) is 0. The third kappa shape index (κ3) is 1.25. The molecule has 0 aliphatic heterocycles. The summed E-state index contributed by atoms with van der Waals surface area (Å²) in [5.74, 6) is 0. The van der Waals surface area contributed by atoms with Crippen molar-refractivity contribution >= 4 is 0 Å². The molecule has 2 aromatic rings. The maximum Gasteiger partial charge on any atom is 0.00622 e. The van der Waals surface area contributed by atoms with Crippen LogP contribution in [0, 0.1) is 0 Å². The monoisotopic (exact) mass is 248 g/mol. The van der Waals surface area contributed by atoms with Crippen molar-refractivity contribution < 1.29 is 0 Å². The fourth-order valence-electron chi connectivity index (χ4n) is 4.55. The van der Waals surface area contributed by atoms with E-state index in [0.29, 0.717) is 5.41 Å². The fraction of sp³-hybridized carbons (Fsp3) is 0.368. The largest absolute Gasteiger partial charge is 0.0620 e. The van der Waals surface area contributed by atoms with Crippen molar-refractivity contribution in [3.63, 3.8) is 0 Å². The van der Waals surface area contributed by atoms with Gasteiger partial charge in [-0.05, 0) is 41.5 Å². The molecule has 0 spiro atoms. The van der Waals surface area contributed by atoms with Crippen LogP contribution in [0.3, 0.4) is 0 Å². The van der Waals surface area contributed by atoms with Crippen LogP contribution in [0.15, 0.2) is 48.5 Å². The highest BCUT2D eigenvalue weighted by Gasteiger charge is 2.54. The molecular formula is C19H20. The number of benzene rings is 2. The van der Waals surface area contributed by atoms with Gasteiger partial charge >= 0.3 is 0 Å². The van der Waals surface area contributed by atoms with Crippen LogP contribution in [0.1, 0.15) is 42.5 Å². The smallest absolute Gasteiger partial charge is 0.00622 e. The number of aryl methyl sites for hydroxylation is 1. The third-order valence-electron chi connectivity index (χ3n) is 5.88. The van der Waals surface area contributed by atoms with Gasteiger partial charge in [0.25, 0.3) is 0 Å². The molecule has 0 heteroatoms. The van der Waals surface area contributed by atoms with Gasteiger partial charge < -0.3 is 0 Å². The first-order valence-electron chi connectivity index (χ1n) is 7.32. The summed E-state index contributed by atoms with van der Waals surface area (Å²) < 4.78 is 0.